The van der Waals surface area contributed by atoms with Crippen molar-refractivity contribution in [3.63, 3.8) is 0 Å². The Kier molecular flexibility index (Phi) is 7.19. The second-order valence-electron chi connectivity index (χ2n) is 5.50. The minimum absolute atomic E-state index is 0.327. The van der Waals surface area contributed by atoms with Crippen LogP contribution in [-0.4, -0.2) is 47.5 Å². The number of nitrogens with one attached hydrogen (secondary N) is 1. The van der Waals surface area contributed by atoms with E-state index in [2.05, 4.69) is 40.4 Å². The van der Waals surface area contributed by atoms with Crippen LogP contribution in [0, 0.1) is 0 Å². The summed E-state index contributed by atoms with van der Waals surface area (Å²) in [6.07, 6.45) is 2.52. The van der Waals surface area contributed by atoms with Crippen LogP contribution in [0.3, 0.4) is 0 Å². The van der Waals surface area contributed by atoms with Crippen molar-refractivity contribution in [1.82, 2.24) is 20.0 Å². The SMILES string of the molecule is CCNC(=NCCCF)N(C)Cc1cn(C)nc1C(C)C. The van der Waals surface area contributed by atoms with Crippen LogP contribution in [0.5, 0.6) is 0 Å². The molecule has 0 spiro atoms. The number of aliphatic imine (C=N–C) groups is 1. The van der Waals surface area contributed by atoms with Crippen LogP contribution >= 0.6 is 0 Å². The Morgan fingerprint density at radius 1 is 1.52 bits per heavy atom. The first-order valence-corrected chi connectivity index (χ1v) is 7.57. The Bertz CT molecular complexity index is 453. The molecular weight excluding hydrogens is 269 g/mol. The van der Waals surface area contributed by atoms with Gasteiger partial charge in [-0.3, -0.25) is 14.1 Å². The molecule has 0 amide bonds. The van der Waals surface area contributed by atoms with Gasteiger partial charge in [0.1, 0.15) is 0 Å². The van der Waals surface area contributed by atoms with E-state index in [-0.39, 0.29) is 6.67 Å². The number of guanidine groups is 1. The van der Waals surface area contributed by atoms with Gasteiger partial charge in [0.2, 0.25) is 0 Å². The maximum atomic E-state index is 12.2. The van der Waals surface area contributed by atoms with Crippen LogP contribution in [0.15, 0.2) is 11.2 Å². The van der Waals surface area contributed by atoms with E-state index in [1.54, 1.807) is 0 Å². The Morgan fingerprint density at radius 3 is 2.81 bits per heavy atom. The minimum Gasteiger partial charge on any atom is -0.357 e. The summed E-state index contributed by atoms with van der Waals surface area (Å²) in [6, 6.07) is 0. The molecule has 1 aromatic rings. The quantitative estimate of drug-likeness (QED) is 0.477. The first-order chi connectivity index (χ1) is 9.99. The third-order valence-corrected chi connectivity index (χ3v) is 3.14. The van der Waals surface area contributed by atoms with Crippen molar-refractivity contribution in [3.8, 4) is 0 Å². The highest BCUT2D eigenvalue weighted by molar-refractivity contribution is 5.79. The fraction of sp³-hybridized carbons (Fsp3) is 0.733. The molecule has 0 aromatic carbocycles. The summed E-state index contributed by atoms with van der Waals surface area (Å²) in [4.78, 5) is 6.51. The molecule has 0 saturated carbocycles. The van der Waals surface area contributed by atoms with E-state index >= 15 is 0 Å². The lowest BCUT2D eigenvalue weighted by Crippen LogP contribution is -2.38. The van der Waals surface area contributed by atoms with E-state index in [1.807, 2.05) is 25.7 Å². The van der Waals surface area contributed by atoms with E-state index in [0.717, 1.165) is 24.7 Å². The monoisotopic (exact) mass is 297 g/mol. The number of halogens is 1. The summed E-state index contributed by atoms with van der Waals surface area (Å²) in [5.74, 6) is 1.20. The summed E-state index contributed by atoms with van der Waals surface area (Å²) in [5.41, 5.74) is 2.31. The molecule has 5 nitrogen and oxygen atoms in total. The zero-order chi connectivity index (χ0) is 15.8. The van der Waals surface area contributed by atoms with E-state index in [9.17, 15) is 4.39 Å². The molecule has 1 N–H and O–H groups in total. The lowest BCUT2D eigenvalue weighted by molar-refractivity contribution is 0.461. The summed E-state index contributed by atoms with van der Waals surface area (Å²) < 4.78 is 14.1. The van der Waals surface area contributed by atoms with Crippen molar-refractivity contribution in [2.75, 3.05) is 26.8 Å². The van der Waals surface area contributed by atoms with Gasteiger partial charge in [0.05, 0.1) is 12.4 Å². The standard InChI is InChI=1S/C15H28FN5/c1-6-17-15(18-9-7-8-16)20(4)10-13-11-21(5)19-14(13)12(2)3/h11-12H,6-10H2,1-5H3,(H,17,18). The molecular formula is C15H28FN5. The molecule has 120 valence electrons. The molecule has 0 aliphatic heterocycles. The lowest BCUT2D eigenvalue weighted by atomic mass is 10.1. The Hall–Kier alpha value is -1.59. The summed E-state index contributed by atoms with van der Waals surface area (Å²) in [6.45, 7) is 8.03. The van der Waals surface area contributed by atoms with Crippen molar-refractivity contribution >= 4 is 5.96 Å². The van der Waals surface area contributed by atoms with Crippen molar-refractivity contribution in [2.45, 2.75) is 39.7 Å². The first-order valence-electron chi connectivity index (χ1n) is 7.57. The van der Waals surface area contributed by atoms with Gasteiger partial charge in [-0.1, -0.05) is 13.8 Å². The minimum atomic E-state index is -0.327. The zero-order valence-electron chi connectivity index (χ0n) is 13.9. The number of rotatable bonds is 7. The molecule has 0 aliphatic carbocycles. The largest absolute Gasteiger partial charge is 0.357 e. The fourth-order valence-corrected chi connectivity index (χ4v) is 2.21. The molecule has 1 heterocycles. The second kappa shape index (κ2) is 8.64. The van der Waals surface area contributed by atoms with Crippen molar-refractivity contribution < 1.29 is 4.39 Å². The second-order valence-corrected chi connectivity index (χ2v) is 5.50. The van der Waals surface area contributed by atoms with Gasteiger partial charge in [-0.15, -0.1) is 0 Å². The number of hydrogen-bond donors (Lipinski definition) is 1. The maximum Gasteiger partial charge on any atom is 0.193 e. The van der Waals surface area contributed by atoms with Gasteiger partial charge < -0.3 is 10.2 Å². The molecule has 1 aromatic heterocycles. The molecule has 0 bridgehead atoms. The van der Waals surface area contributed by atoms with Gasteiger partial charge in [0.25, 0.3) is 0 Å². The molecule has 0 unspecified atom stereocenters. The van der Waals surface area contributed by atoms with Gasteiger partial charge in [0, 0.05) is 45.5 Å². The van der Waals surface area contributed by atoms with Crippen molar-refractivity contribution in [1.29, 1.82) is 0 Å². The van der Waals surface area contributed by atoms with E-state index in [4.69, 9.17) is 0 Å². The Morgan fingerprint density at radius 2 is 2.24 bits per heavy atom. The van der Waals surface area contributed by atoms with Crippen LogP contribution in [0.2, 0.25) is 0 Å². The van der Waals surface area contributed by atoms with E-state index in [1.165, 1.54) is 5.56 Å². The van der Waals surface area contributed by atoms with Crippen LogP contribution in [0.25, 0.3) is 0 Å². The highest BCUT2D eigenvalue weighted by atomic mass is 19.1. The molecule has 0 aliphatic rings. The molecule has 0 saturated heterocycles. The average Bonchev–Trinajstić information content (AvgIpc) is 2.79. The predicted octanol–water partition coefficient (Wildman–Crippen LogP) is 2.30. The average molecular weight is 297 g/mol. The lowest BCUT2D eigenvalue weighted by Gasteiger charge is -2.22. The molecule has 0 radical (unpaired) electrons. The zero-order valence-corrected chi connectivity index (χ0v) is 13.9. The van der Waals surface area contributed by atoms with Gasteiger partial charge in [0.15, 0.2) is 5.96 Å². The number of nitrogens with zero attached hydrogens (tertiary/aromatic N) is 4. The fourth-order valence-electron chi connectivity index (χ4n) is 2.21. The highest BCUT2D eigenvalue weighted by Gasteiger charge is 2.14. The molecule has 1 rings (SSSR count). The van der Waals surface area contributed by atoms with Crippen LogP contribution in [0.1, 0.15) is 44.4 Å². The normalized spacial score (nSPS) is 12.0. The molecule has 0 atom stereocenters. The first kappa shape index (κ1) is 17.5. The molecule has 6 heteroatoms. The predicted molar refractivity (Wildman–Crippen MR) is 85.3 cm³/mol. The Balaban J connectivity index is 2.81. The number of alkyl halides is 1. The van der Waals surface area contributed by atoms with Crippen LogP contribution in [-0.2, 0) is 13.6 Å². The highest BCUT2D eigenvalue weighted by Crippen LogP contribution is 2.18. The number of hydrogen-bond acceptors (Lipinski definition) is 2. The molecule has 0 fully saturated rings. The summed E-state index contributed by atoms with van der Waals surface area (Å²) in [5, 5.41) is 7.77. The Labute approximate surface area is 127 Å². The number of aromatic nitrogens is 2. The van der Waals surface area contributed by atoms with Gasteiger partial charge in [-0.2, -0.15) is 5.10 Å². The number of aryl methyl sites for hydroxylation is 1. The summed E-state index contributed by atoms with van der Waals surface area (Å²) in [7, 11) is 3.93. The van der Waals surface area contributed by atoms with Crippen LogP contribution < -0.4 is 5.32 Å². The van der Waals surface area contributed by atoms with Crippen molar-refractivity contribution in [2.24, 2.45) is 12.0 Å². The van der Waals surface area contributed by atoms with Gasteiger partial charge in [-0.25, -0.2) is 0 Å². The smallest absolute Gasteiger partial charge is 0.193 e. The van der Waals surface area contributed by atoms with Crippen molar-refractivity contribution in [3.05, 3.63) is 17.5 Å². The maximum absolute atomic E-state index is 12.2. The third-order valence-electron chi connectivity index (χ3n) is 3.14. The van der Waals surface area contributed by atoms with Crippen LogP contribution in [0.4, 0.5) is 4.39 Å². The van der Waals surface area contributed by atoms with E-state index in [0.29, 0.717) is 18.9 Å². The van der Waals surface area contributed by atoms with E-state index < -0.39 is 0 Å². The molecule has 21 heavy (non-hydrogen) atoms. The summed E-state index contributed by atoms with van der Waals surface area (Å²) >= 11 is 0. The van der Waals surface area contributed by atoms with Gasteiger partial charge in [-0.05, 0) is 19.3 Å². The topological polar surface area (TPSA) is 45.5 Å². The third kappa shape index (κ3) is 5.36. The van der Waals surface area contributed by atoms with Gasteiger partial charge >= 0.3 is 0 Å².